The lowest BCUT2D eigenvalue weighted by atomic mass is 9.87. The van der Waals surface area contributed by atoms with Gasteiger partial charge in [0, 0.05) is 37.4 Å². The molecule has 2 fully saturated rings. The van der Waals surface area contributed by atoms with Crippen molar-refractivity contribution in [2.24, 2.45) is 5.92 Å². The van der Waals surface area contributed by atoms with Gasteiger partial charge in [-0.25, -0.2) is 9.97 Å². The van der Waals surface area contributed by atoms with Crippen LogP contribution in [-0.4, -0.2) is 65.4 Å². The summed E-state index contributed by atoms with van der Waals surface area (Å²) in [6, 6.07) is 1.56. The fraction of sp³-hybridized carbons (Fsp3) is 0.478. The SMILES string of the molecule is CNC(=O)[C@H]1CCN(c2ncnc(N)c2F)C[C@@H]1N1CCC[C@H](Nc2cc(Cl)cc(C(F)(F)F)c2)C1=O. The standard InChI is InChI=1S/C23H26ClF4N7O2/c1-30-21(36)15-4-6-34(20-18(25)19(29)31-11-32-20)10-17(15)35-5-2-3-16(22(35)37)33-14-8-12(23(26,27)28)7-13(24)9-14/h7-9,11,15-17,33H,2-6,10H2,1H3,(H,30,36)(H2,29,31,32)/t15-,16-,17-/m0/s1. The predicted octanol–water partition coefficient (Wildman–Crippen LogP) is 2.91. The third kappa shape index (κ3) is 5.65. The quantitative estimate of drug-likeness (QED) is 0.497. The average molecular weight is 544 g/mol. The van der Waals surface area contributed by atoms with E-state index in [0.29, 0.717) is 32.4 Å². The molecule has 2 aliphatic heterocycles. The number of piperidine rings is 2. The molecule has 2 aliphatic rings. The number of nitrogens with zero attached hydrogens (tertiary/aromatic N) is 4. The van der Waals surface area contributed by atoms with E-state index in [1.54, 1.807) is 9.80 Å². The molecule has 2 saturated heterocycles. The highest BCUT2D eigenvalue weighted by Gasteiger charge is 2.43. The molecule has 4 rings (SSSR count). The van der Waals surface area contributed by atoms with Gasteiger partial charge in [-0.15, -0.1) is 0 Å². The number of likely N-dealkylation sites (tertiary alicyclic amines) is 1. The number of aromatic nitrogens is 2. The van der Waals surface area contributed by atoms with E-state index in [1.165, 1.54) is 13.1 Å². The van der Waals surface area contributed by atoms with Gasteiger partial charge in [0.05, 0.1) is 17.5 Å². The Morgan fingerprint density at radius 2 is 1.95 bits per heavy atom. The van der Waals surface area contributed by atoms with E-state index in [0.717, 1.165) is 18.5 Å². The van der Waals surface area contributed by atoms with Crippen LogP contribution in [0.25, 0.3) is 0 Å². The van der Waals surface area contributed by atoms with Crippen LogP contribution in [0.15, 0.2) is 24.5 Å². The lowest BCUT2D eigenvalue weighted by molar-refractivity contribution is -0.140. The molecule has 9 nitrogen and oxygen atoms in total. The van der Waals surface area contributed by atoms with Crippen molar-refractivity contribution in [3.05, 3.63) is 40.9 Å². The molecular weight excluding hydrogens is 518 g/mol. The first kappa shape index (κ1) is 26.7. The minimum atomic E-state index is -4.60. The molecule has 1 aromatic carbocycles. The lowest BCUT2D eigenvalue weighted by Crippen LogP contribution is -2.61. The number of benzene rings is 1. The number of rotatable bonds is 5. The molecule has 3 heterocycles. The van der Waals surface area contributed by atoms with Gasteiger partial charge in [0.15, 0.2) is 11.6 Å². The maximum atomic E-state index is 14.7. The summed E-state index contributed by atoms with van der Waals surface area (Å²) in [5.41, 5.74) is 4.72. The smallest absolute Gasteiger partial charge is 0.381 e. The van der Waals surface area contributed by atoms with Crippen molar-refractivity contribution in [3.63, 3.8) is 0 Å². The van der Waals surface area contributed by atoms with Crippen LogP contribution in [-0.2, 0) is 15.8 Å². The summed E-state index contributed by atoms with van der Waals surface area (Å²) >= 11 is 5.89. The zero-order valence-corrected chi connectivity index (χ0v) is 20.6. The van der Waals surface area contributed by atoms with Gasteiger partial charge in [0.1, 0.15) is 12.4 Å². The summed E-state index contributed by atoms with van der Waals surface area (Å²) < 4.78 is 54.4. The van der Waals surface area contributed by atoms with Crippen LogP contribution < -0.4 is 21.3 Å². The van der Waals surface area contributed by atoms with E-state index >= 15 is 0 Å². The first-order valence-electron chi connectivity index (χ1n) is 11.7. The number of hydrogen-bond acceptors (Lipinski definition) is 7. The van der Waals surface area contributed by atoms with E-state index in [-0.39, 0.29) is 40.7 Å². The number of carbonyl (C=O) groups is 2. The highest BCUT2D eigenvalue weighted by atomic mass is 35.5. The molecule has 4 N–H and O–H groups in total. The zero-order chi connectivity index (χ0) is 26.9. The number of anilines is 3. The highest BCUT2D eigenvalue weighted by molar-refractivity contribution is 6.31. The number of nitrogens with two attached hydrogens (primary N) is 1. The number of carbonyl (C=O) groups excluding carboxylic acids is 2. The van der Waals surface area contributed by atoms with Gasteiger partial charge in [0.25, 0.3) is 0 Å². The van der Waals surface area contributed by atoms with Crippen LogP contribution >= 0.6 is 11.6 Å². The molecular formula is C23H26ClF4N7O2. The largest absolute Gasteiger partial charge is 0.416 e. The zero-order valence-electron chi connectivity index (χ0n) is 19.9. The topological polar surface area (TPSA) is 116 Å². The van der Waals surface area contributed by atoms with Crippen LogP contribution in [0.4, 0.5) is 34.9 Å². The number of nitrogen functional groups attached to an aromatic ring is 1. The monoisotopic (exact) mass is 543 g/mol. The Morgan fingerprint density at radius 1 is 1.19 bits per heavy atom. The van der Waals surface area contributed by atoms with Crippen LogP contribution in [0.3, 0.4) is 0 Å². The van der Waals surface area contributed by atoms with Gasteiger partial charge in [-0.1, -0.05) is 11.6 Å². The van der Waals surface area contributed by atoms with Gasteiger partial charge in [-0.3, -0.25) is 9.59 Å². The second-order valence-electron chi connectivity index (χ2n) is 9.02. The molecule has 1 aromatic heterocycles. The van der Waals surface area contributed by atoms with E-state index in [9.17, 15) is 27.2 Å². The number of amides is 2. The Kier molecular flexibility index (Phi) is 7.62. The van der Waals surface area contributed by atoms with Gasteiger partial charge in [0.2, 0.25) is 17.6 Å². The maximum Gasteiger partial charge on any atom is 0.416 e. The number of hydrogen-bond donors (Lipinski definition) is 3. The van der Waals surface area contributed by atoms with Crippen LogP contribution in [0.5, 0.6) is 0 Å². The summed E-state index contributed by atoms with van der Waals surface area (Å²) in [6.45, 7) is 0.745. The molecule has 0 unspecified atom stereocenters. The Morgan fingerprint density at radius 3 is 2.65 bits per heavy atom. The van der Waals surface area contributed by atoms with Gasteiger partial charge in [-0.2, -0.15) is 17.6 Å². The molecule has 0 saturated carbocycles. The van der Waals surface area contributed by atoms with Crippen LogP contribution in [0.2, 0.25) is 5.02 Å². The Bertz CT molecular complexity index is 1180. The van der Waals surface area contributed by atoms with Crippen molar-refractivity contribution in [2.75, 3.05) is 42.6 Å². The van der Waals surface area contributed by atoms with Crippen molar-refractivity contribution in [3.8, 4) is 0 Å². The van der Waals surface area contributed by atoms with Crippen molar-refractivity contribution in [1.82, 2.24) is 20.2 Å². The summed E-state index contributed by atoms with van der Waals surface area (Å²) in [5, 5.41) is 5.38. The summed E-state index contributed by atoms with van der Waals surface area (Å²) in [4.78, 5) is 37.1. The van der Waals surface area contributed by atoms with Crippen molar-refractivity contribution in [2.45, 2.75) is 37.5 Å². The second-order valence-corrected chi connectivity index (χ2v) is 9.45. The Hall–Kier alpha value is -3.35. The molecule has 0 radical (unpaired) electrons. The van der Waals surface area contributed by atoms with Gasteiger partial charge >= 0.3 is 6.18 Å². The second kappa shape index (κ2) is 10.6. The lowest BCUT2D eigenvalue weighted by Gasteiger charge is -2.46. The molecule has 2 aromatic rings. The van der Waals surface area contributed by atoms with E-state index in [1.807, 2.05) is 0 Å². The molecule has 0 spiro atoms. The average Bonchev–Trinajstić information content (AvgIpc) is 2.85. The molecule has 200 valence electrons. The number of nitrogens with one attached hydrogen (secondary N) is 2. The highest BCUT2D eigenvalue weighted by Crippen LogP contribution is 2.35. The molecule has 3 atom stereocenters. The molecule has 0 aliphatic carbocycles. The molecule has 14 heteroatoms. The van der Waals surface area contributed by atoms with E-state index in [4.69, 9.17) is 17.3 Å². The Labute approximate surface area is 215 Å². The van der Waals surface area contributed by atoms with Crippen molar-refractivity contribution in [1.29, 1.82) is 0 Å². The normalized spacial score (nSPS) is 22.6. The van der Waals surface area contributed by atoms with E-state index < -0.39 is 35.6 Å². The summed E-state index contributed by atoms with van der Waals surface area (Å²) in [5.74, 6) is -2.33. The maximum absolute atomic E-state index is 14.7. The van der Waals surface area contributed by atoms with E-state index in [2.05, 4.69) is 20.6 Å². The summed E-state index contributed by atoms with van der Waals surface area (Å²) in [6.07, 6.45) is -2.22. The Balaban J connectivity index is 1.59. The molecule has 2 amide bonds. The van der Waals surface area contributed by atoms with Gasteiger partial charge < -0.3 is 26.2 Å². The number of halogens is 5. The summed E-state index contributed by atoms with van der Waals surface area (Å²) in [7, 11) is 1.50. The fourth-order valence-electron chi connectivity index (χ4n) is 4.93. The first-order valence-corrected chi connectivity index (χ1v) is 12.0. The fourth-order valence-corrected chi connectivity index (χ4v) is 5.16. The van der Waals surface area contributed by atoms with Crippen molar-refractivity contribution < 1.29 is 27.2 Å². The molecule has 0 bridgehead atoms. The minimum Gasteiger partial charge on any atom is -0.381 e. The first-order chi connectivity index (χ1) is 17.5. The van der Waals surface area contributed by atoms with Crippen molar-refractivity contribution >= 4 is 40.7 Å². The number of alkyl halides is 3. The van der Waals surface area contributed by atoms with Crippen LogP contribution in [0.1, 0.15) is 24.8 Å². The van der Waals surface area contributed by atoms with Gasteiger partial charge in [-0.05, 0) is 37.5 Å². The van der Waals surface area contributed by atoms with Crippen LogP contribution in [0, 0.1) is 11.7 Å². The molecule has 37 heavy (non-hydrogen) atoms. The third-order valence-electron chi connectivity index (χ3n) is 6.70. The minimum absolute atomic E-state index is 0.0226. The predicted molar refractivity (Wildman–Crippen MR) is 129 cm³/mol. The third-order valence-corrected chi connectivity index (χ3v) is 6.92.